The Bertz CT molecular complexity index is 1040. The van der Waals surface area contributed by atoms with Crippen molar-refractivity contribution in [1.29, 1.82) is 0 Å². The zero-order chi connectivity index (χ0) is 21.8. The highest BCUT2D eigenvalue weighted by Crippen LogP contribution is 2.29. The van der Waals surface area contributed by atoms with E-state index in [0.717, 1.165) is 47.2 Å². The zero-order valence-electron chi connectivity index (χ0n) is 16.9. The van der Waals surface area contributed by atoms with E-state index in [1.807, 2.05) is 35.2 Å². The number of piperidine rings is 1. The monoisotopic (exact) mass is 428 g/mol. The number of halogens is 3. The van der Waals surface area contributed by atoms with E-state index in [0.29, 0.717) is 19.5 Å². The largest absolute Gasteiger partial charge is 0.488 e. The summed E-state index contributed by atoms with van der Waals surface area (Å²) in [6.07, 6.45) is -0.411. The van der Waals surface area contributed by atoms with Gasteiger partial charge in [-0.3, -0.25) is 9.78 Å². The van der Waals surface area contributed by atoms with Crippen LogP contribution in [0.4, 0.5) is 13.2 Å². The second-order valence-electron chi connectivity index (χ2n) is 7.72. The Hall–Kier alpha value is -3.09. The Morgan fingerprint density at radius 1 is 1.03 bits per heavy atom. The summed E-state index contributed by atoms with van der Waals surface area (Å²) >= 11 is 0. The Kier molecular flexibility index (Phi) is 6.11. The number of carbonyl (C=O) groups is 1. The first-order chi connectivity index (χ1) is 14.9. The maximum absolute atomic E-state index is 12.6. The van der Waals surface area contributed by atoms with E-state index in [1.165, 1.54) is 12.1 Å². The van der Waals surface area contributed by atoms with Crippen LogP contribution in [-0.2, 0) is 17.4 Å². The molecule has 1 aliphatic rings. The standard InChI is InChI=1S/C24H23F3N2O2/c25-24(26,27)19-9-6-17(7-10-19)8-11-22(30)29-15-12-20(13-16-29)31-21-5-1-3-18-4-2-14-28-23(18)21/h1-7,9-10,14,20H,8,11-13,15-16H2. The van der Waals surface area contributed by atoms with Crippen molar-refractivity contribution in [2.45, 2.75) is 38.0 Å². The van der Waals surface area contributed by atoms with Gasteiger partial charge in [0.15, 0.2) is 0 Å². The van der Waals surface area contributed by atoms with Gasteiger partial charge in [-0.25, -0.2) is 0 Å². The topological polar surface area (TPSA) is 42.4 Å². The SMILES string of the molecule is O=C(CCc1ccc(C(F)(F)F)cc1)N1CCC(Oc2cccc3cccnc23)CC1. The molecule has 0 unspecified atom stereocenters. The third kappa shape index (κ3) is 5.16. The lowest BCUT2D eigenvalue weighted by atomic mass is 10.0. The van der Waals surface area contributed by atoms with Crippen molar-refractivity contribution in [3.63, 3.8) is 0 Å². The molecule has 1 fully saturated rings. The summed E-state index contributed by atoms with van der Waals surface area (Å²) in [7, 11) is 0. The summed E-state index contributed by atoms with van der Waals surface area (Å²) in [4.78, 5) is 18.8. The fourth-order valence-corrected chi connectivity index (χ4v) is 3.84. The minimum atomic E-state index is -4.34. The van der Waals surface area contributed by atoms with Crippen LogP contribution in [-0.4, -0.2) is 35.0 Å². The summed E-state index contributed by atoms with van der Waals surface area (Å²) in [5.41, 5.74) is 0.883. The first-order valence-corrected chi connectivity index (χ1v) is 10.3. The number of benzene rings is 2. The summed E-state index contributed by atoms with van der Waals surface area (Å²) in [6, 6.07) is 14.7. The number of alkyl halides is 3. The number of ether oxygens (including phenoxy) is 1. The summed E-state index contributed by atoms with van der Waals surface area (Å²) in [5.74, 6) is 0.773. The molecule has 2 heterocycles. The smallest absolute Gasteiger partial charge is 0.416 e. The van der Waals surface area contributed by atoms with E-state index in [2.05, 4.69) is 4.98 Å². The van der Waals surface area contributed by atoms with Crippen molar-refractivity contribution in [3.8, 4) is 5.75 Å². The molecule has 0 spiro atoms. The Morgan fingerprint density at radius 3 is 2.45 bits per heavy atom. The van der Waals surface area contributed by atoms with Gasteiger partial charge in [0.05, 0.1) is 5.56 Å². The molecule has 4 rings (SSSR count). The van der Waals surface area contributed by atoms with Crippen molar-refractivity contribution >= 4 is 16.8 Å². The van der Waals surface area contributed by atoms with Gasteiger partial charge in [-0.1, -0.05) is 30.3 Å². The highest BCUT2D eigenvalue weighted by atomic mass is 19.4. The van der Waals surface area contributed by atoms with Crippen LogP contribution in [0.3, 0.4) is 0 Å². The fourth-order valence-electron chi connectivity index (χ4n) is 3.84. The number of aryl methyl sites for hydroxylation is 1. The first-order valence-electron chi connectivity index (χ1n) is 10.3. The molecule has 0 bridgehead atoms. The third-order valence-corrected chi connectivity index (χ3v) is 5.59. The fraction of sp³-hybridized carbons (Fsp3) is 0.333. The van der Waals surface area contributed by atoms with Gasteiger partial charge in [0.1, 0.15) is 17.4 Å². The quantitative estimate of drug-likeness (QED) is 0.557. The Morgan fingerprint density at radius 2 is 1.74 bits per heavy atom. The highest BCUT2D eigenvalue weighted by Gasteiger charge is 2.30. The molecular formula is C24H23F3N2O2. The number of hydrogen-bond acceptors (Lipinski definition) is 3. The predicted octanol–water partition coefficient (Wildman–Crippen LogP) is 5.26. The average molecular weight is 428 g/mol. The van der Waals surface area contributed by atoms with E-state index in [9.17, 15) is 18.0 Å². The maximum atomic E-state index is 12.6. The number of pyridine rings is 1. The van der Waals surface area contributed by atoms with Crippen LogP contribution < -0.4 is 4.74 Å². The number of rotatable bonds is 5. The van der Waals surface area contributed by atoms with Crippen molar-refractivity contribution in [2.24, 2.45) is 0 Å². The average Bonchev–Trinajstić information content (AvgIpc) is 2.78. The number of hydrogen-bond donors (Lipinski definition) is 0. The number of fused-ring (bicyclic) bond motifs is 1. The number of amides is 1. The summed E-state index contributed by atoms with van der Waals surface area (Å²) in [5, 5.41) is 1.02. The van der Waals surface area contributed by atoms with Gasteiger partial charge in [-0.05, 0) is 36.2 Å². The molecule has 7 heteroatoms. The predicted molar refractivity (Wildman–Crippen MR) is 112 cm³/mol. The molecule has 2 aromatic carbocycles. The molecule has 1 amide bonds. The molecule has 4 nitrogen and oxygen atoms in total. The lowest BCUT2D eigenvalue weighted by Gasteiger charge is -2.32. The summed E-state index contributed by atoms with van der Waals surface area (Å²) in [6.45, 7) is 1.21. The van der Waals surface area contributed by atoms with Crippen molar-refractivity contribution in [3.05, 3.63) is 71.9 Å². The van der Waals surface area contributed by atoms with Crippen LogP contribution in [0.15, 0.2) is 60.8 Å². The van der Waals surface area contributed by atoms with Crippen LogP contribution in [0.1, 0.15) is 30.4 Å². The first kappa shape index (κ1) is 21.2. The normalized spacial score (nSPS) is 15.3. The van der Waals surface area contributed by atoms with Gasteiger partial charge in [0, 0.05) is 43.9 Å². The van der Waals surface area contributed by atoms with Crippen molar-refractivity contribution < 1.29 is 22.7 Å². The minimum absolute atomic E-state index is 0.0187. The van der Waals surface area contributed by atoms with E-state index in [-0.39, 0.29) is 18.4 Å². The molecule has 31 heavy (non-hydrogen) atoms. The zero-order valence-corrected chi connectivity index (χ0v) is 16.9. The van der Waals surface area contributed by atoms with Crippen molar-refractivity contribution in [2.75, 3.05) is 13.1 Å². The lowest BCUT2D eigenvalue weighted by molar-refractivity contribution is -0.137. The molecular weight excluding hydrogens is 405 g/mol. The minimum Gasteiger partial charge on any atom is -0.488 e. The number of likely N-dealkylation sites (tertiary alicyclic amines) is 1. The summed E-state index contributed by atoms with van der Waals surface area (Å²) < 4.78 is 44.1. The lowest BCUT2D eigenvalue weighted by Crippen LogP contribution is -2.41. The van der Waals surface area contributed by atoms with Crippen molar-refractivity contribution in [1.82, 2.24) is 9.88 Å². The molecule has 0 aliphatic carbocycles. The van der Waals surface area contributed by atoms with Gasteiger partial charge < -0.3 is 9.64 Å². The number of nitrogens with zero attached hydrogens (tertiary/aromatic N) is 2. The third-order valence-electron chi connectivity index (χ3n) is 5.59. The van der Waals surface area contributed by atoms with Crippen LogP contribution >= 0.6 is 0 Å². The van der Waals surface area contributed by atoms with Crippen LogP contribution in [0.5, 0.6) is 5.75 Å². The van der Waals surface area contributed by atoms with E-state index in [4.69, 9.17) is 4.74 Å². The molecule has 1 aromatic heterocycles. The molecule has 3 aromatic rings. The number of para-hydroxylation sites is 1. The van der Waals surface area contributed by atoms with Gasteiger partial charge >= 0.3 is 6.18 Å². The molecule has 0 saturated carbocycles. The van der Waals surface area contributed by atoms with Crippen LogP contribution in [0.2, 0.25) is 0 Å². The molecule has 0 N–H and O–H groups in total. The van der Waals surface area contributed by atoms with Crippen LogP contribution in [0.25, 0.3) is 10.9 Å². The molecule has 0 atom stereocenters. The second-order valence-corrected chi connectivity index (χ2v) is 7.72. The number of aromatic nitrogens is 1. The molecule has 1 aliphatic heterocycles. The second kappa shape index (κ2) is 8.96. The van der Waals surface area contributed by atoms with Gasteiger partial charge in [0.25, 0.3) is 0 Å². The van der Waals surface area contributed by atoms with E-state index in [1.54, 1.807) is 6.20 Å². The highest BCUT2D eigenvalue weighted by molar-refractivity contribution is 5.84. The van der Waals surface area contributed by atoms with Crippen LogP contribution in [0, 0.1) is 0 Å². The van der Waals surface area contributed by atoms with Gasteiger partial charge in [0.2, 0.25) is 5.91 Å². The molecule has 162 valence electrons. The maximum Gasteiger partial charge on any atom is 0.416 e. The van der Waals surface area contributed by atoms with E-state index >= 15 is 0 Å². The molecule has 0 radical (unpaired) electrons. The molecule has 1 saturated heterocycles. The van der Waals surface area contributed by atoms with E-state index < -0.39 is 11.7 Å². The van der Waals surface area contributed by atoms with Gasteiger partial charge in [-0.2, -0.15) is 13.2 Å². The van der Waals surface area contributed by atoms with Gasteiger partial charge in [-0.15, -0.1) is 0 Å². The number of carbonyl (C=O) groups excluding carboxylic acids is 1. The Labute approximate surface area is 178 Å². The Balaban J connectivity index is 1.27.